The van der Waals surface area contributed by atoms with Gasteiger partial charge in [0.2, 0.25) is 0 Å². The van der Waals surface area contributed by atoms with Crippen molar-refractivity contribution < 1.29 is 19.1 Å². The van der Waals surface area contributed by atoms with Crippen molar-refractivity contribution in [2.75, 3.05) is 14.2 Å². The Kier molecular flexibility index (Phi) is 7.29. The third-order valence-electron chi connectivity index (χ3n) is 6.34. The van der Waals surface area contributed by atoms with Crippen LogP contribution in [0, 0.1) is 13.8 Å². The van der Waals surface area contributed by atoms with Crippen LogP contribution in [0.15, 0.2) is 65.4 Å². The maximum Gasteiger partial charge on any atom is 0.340 e. The van der Waals surface area contributed by atoms with Gasteiger partial charge in [-0.2, -0.15) is 0 Å². The predicted molar refractivity (Wildman–Crippen MR) is 141 cm³/mol. The summed E-state index contributed by atoms with van der Waals surface area (Å²) < 4.78 is 12.2. The number of nitrogens with zero attached hydrogens (tertiary/aromatic N) is 2. The van der Waals surface area contributed by atoms with E-state index in [2.05, 4.69) is 0 Å². The van der Waals surface area contributed by atoms with Crippen molar-refractivity contribution in [1.29, 1.82) is 0 Å². The molecule has 4 rings (SSSR count). The zero-order chi connectivity index (χ0) is 26.1. The van der Waals surface area contributed by atoms with Gasteiger partial charge >= 0.3 is 5.97 Å². The van der Waals surface area contributed by atoms with Crippen LogP contribution in [0.2, 0.25) is 10.0 Å². The number of carbonyl (C=O) groups excluding carboxylic acids is 2. The molecule has 0 saturated heterocycles. The molecule has 0 unspecified atom stereocenters. The maximum absolute atomic E-state index is 13.6. The molecule has 0 atom stereocenters. The highest BCUT2D eigenvalue weighted by molar-refractivity contribution is 6.43. The van der Waals surface area contributed by atoms with E-state index in [1.807, 2.05) is 60.9 Å². The van der Waals surface area contributed by atoms with Gasteiger partial charge in [0.15, 0.2) is 0 Å². The number of aromatic nitrogens is 1. The molecule has 1 aromatic heterocycles. The zero-order valence-corrected chi connectivity index (χ0v) is 22.2. The average molecular weight is 525 g/mol. The highest BCUT2D eigenvalue weighted by Crippen LogP contribution is 2.36. The molecule has 186 valence electrons. The van der Waals surface area contributed by atoms with E-state index in [1.165, 1.54) is 7.11 Å². The van der Waals surface area contributed by atoms with E-state index in [0.717, 1.165) is 34.0 Å². The molecule has 0 radical (unpaired) electrons. The van der Waals surface area contributed by atoms with Gasteiger partial charge in [-0.05, 0) is 68.3 Å². The first-order chi connectivity index (χ1) is 17.2. The lowest BCUT2D eigenvalue weighted by atomic mass is 10.0. The van der Waals surface area contributed by atoms with Gasteiger partial charge in [-0.1, -0.05) is 41.4 Å². The molecule has 8 heteroatoms. The van der Waals surface area contributed by atoms with Gasteiger partial charge in [-0.25, -0.2) is 4.79 Å². The summed E-state index contributed by atoms with van der Waals surface area (Å²) >= 11 is 12.7. The smallest absolute Gasteiger partial charge is 0.340 e. The van der Waals surface area contributed by atoms with Gasteiger partial charge in [-0.3, -0.25) is 4.79 Å². The first kappa shape index (κ1) is 25.6. The zero-order valence-electron chi connectivity index (χ0n) is 20.7. The van der Waals surface area contributed by atoms with Crippen LogP contribution >= 0.6 is 23.2 Å². The summed E-state index contributed by atoms with van der Waals surface area (Å²) in [4.78, 5) is 27.9. The Hall–Kier alpha value is -3.48. The van der Waals surface area contributed by atoms with Crippen LogP contribution in [0.25, 0.3) is 11.8 Å². The molecule has 0 bridgehead atoms. The first-order valence-electron chi connectivity index (χ1n) is 11.3. The van der Waals surface area contributed by atoms with E-state index >= 15 is 0 Å². The Balaban J connectivity index is 1.77. The number of benzene rings is 2. The molecule has 3 aromatic rings. The molecule has 0 N–H and O–H groups in total. The number of esters is 1. The van der Waals surface area contributed by atoms with Crippen LogP contribution < -0.4 is 4.74 Å². The third kappa shape index (κ3) is 4.54. The Morgan fingerprint density at radius 1 is 1.03 bits per heavy atom. The summed E-state index contributed by atoms with van der Waals surface area (Å²) in [6.07, 6.45) is 1.74. The fourth-order valence-corrected chi connectivity index (χ4v) is 4.84. The number of hydrogen-bond donors (Lipinski definition) is 0. The van der Waals surface area contributed by atoms with E-state index < -0.39 is 5.97 Å². The first-order valence-corrected chi connectivity index (χ1v) is 12.0. The minimum absolute atomic E-state index is 0.251. The Labute approximate surface area is 220 Å². The van der Waals surface area contributed by atoms with Crippen LogP contribution in [0.3, 0.4) is 0 Å². The number of hydrogen-bond acceptors (Lipinski definition) is 4. The van der Waals surface area contributed by atoms with Crippen LogP contribution in [0.4, 0.5) is 0 Å². The van der Waals surface area contributed by atoms with Gasteiger partial charge in [0, 0.05) is 17.1 Å². The Bertz CT molecular complexity index is 1420. The number of ether oxygens (including phenoxy) is 2. The number of carbonyl (C=O) groups is 2. The third-order valence-corrected chi connectivity index (χ3v) is 7.15. The Morgan fingerprint density at radius 3 is 2.36 bits per heavy atom. The van der Waals surface area contributed by atoms with Gasteiger partial charge < -0.3 is 18.9 Å². The topological polar surface area (TPSA) is 60.8 Å². The van der Waals surface area contributed by atoms with Gasteiger partial charge in [0.1, 0.15) is 5.75 Å². The highest BCUT2D eigenvalue weighted by Gasteiger charge is 2.37. The summed E-state index contributed by atoms with van der Waals surface area (Å²) in [7, 11) is 2.91. The molecular formula is C28H26Cl2N2O4. The number of allylic oxidation sites excluding steroid dienone is 1. The van der Waals surface area contributed by atoms with Crippen molar-refractivity contribution >= 4 is 41.2 Å². The summed E-state index contributed by atoms with van der Waals surface area (Å²) in [6.45, 7) is 5.94. The van der Waals surface area contributed by atoms with Crippen molar-refractivity contribution in [3.8, 4) is 11.4 Å². The second-order valence-electron chi connectivity index (χ2n) is 8.48. The number of halogens is 2. The normalized spacial score (nSPS) is 14.7. The van der Waals surface area contributed by atoms with E-state index in [0.29, 0.717) is 22.3 Å². The second kappa shape index (κ2) is 10.2. The van der Waals surface area contributed by atoms with Crippen molar-refractivity contribution in [1.82, 2.24) is 9.47 Å². The van der Waals surface area contributed by atoms with Gasteiger partial charge in [-0.15, -0.1) is 0 Å². The molecule has 0 aliphatic carbocycles. The van der Waals surface area contributed by atoms with Crippen molar-refractivity contribution in [3.05, 3.63) is 97.9 Å². The van der Waals surface area contributed by atoms with E-state index in [-0.39, 0.29) is 17.1 Å². The molecular weight excluding hydrogens is 499 g/mol. The SMILES string of the molecule is COC(=O)C1=C(C)N(Cc2ccc(OC)cc2)C(=O)/C1=C\c1cc(C)n(-c2cccc(Cl)c2Cl)c1C. The van der Waals surface area contributed by atoms with Gasteiger partial charge in [0.25, 0.3) is 5.91 Å². The molecule has 2 heterocycles. The monoisotopic (exact) mass is 524 g/mol. The molecule has 0 fully saturated rings. The predicted octanol–water partition coefficient (Wildman–Crippen LogP) is 6.28. The van der Waals surface area contributed by atoms with Crippen LogP contribution in [-0.2, 0) is 20.9 Å². The largest absolute Gasteiger partial charge is 0.497 e. The molecule has 1 aliphatic rings. The van der Waals surface area contributed by atoms with Crippen molar-refractivity contribution in [2.24, 2.45) is 0 Å². The fraction of sp³-hybridized carbons (Fsp3) is 0.214. The highest BCUT2D eigenvalue weighted by atomic mass is 35.5. The molecule has 1 amide bonds. The number of methoxy groups -OCH3 is 2. The fourth-order valence-electron chi connectivity index (χ4n) is 4.46. The summed E-state index contributed by atoms with van der Waals surface area (Å²) in [5.74, 6) is -0.102. The minimum atomic E-state index is -0.559. The lowest BCUT2D eigenvalue weighted by molar-refractivity contribution is -0.136. The van der Waals surface area contributed by atoms with E-state index in [9.17, 15) is 9.59 Å². The van der Waals surface area contributed by atoms with E-state index in [4.69, 9.17) is 32.7 Å². The minimum Gasteiger partial charge on any atom is -0.497 e. The molecule has 0 spiro atoms. The summed E-state index contributed by atoms with van der Waals surface area (Å²) in [5, 5.41) is 0.891. The van der Waals surface area contributed by atoms with Crippen LogP contribution in [-0.4, -0.2) is 35.6 Å². The number of amides is 1. The Morgan fingerprint density at radius 2 is 1.72 bits per heavy atom. The maximum atomic E-state index is 13.6. The molecule has 36 heavy (non-hydrogen) atoms. The lowest BCUT2D eigenvalue weighted by Crippen LogP contribution is -2.24. The number of aryl methyl sites for hydroxylation is 1. The van der Waals surface area contributed by atoms with E-state index in [1.54, 1.807) is 31.1 Å². The standard InChI is InChI=1S/C28H26Cl2N2O4/c1-16-13-20(17(2)32(16)24-8-6-7-23(29)26(24)30)14-22-25(28(34)36-5)18(3)31(27(22)33)15-19-9-11-21(35-4)12-10-19/h6-14H,15H2,1-5H3/b22-14-. The lowest BCUT2D eigenvalue weighted by Gasteiger charge is -2.18. The molecule has 6 nitrogen and oxygen atoms in total. The van der Waals surface area contributed by atoms with Gasteiger partial charge in [0.05, 0.1) is 47.6 Å². The quantitative estimate of drug-likeness (QED) is 0.281. The van der Waals surface area contributed by atoms with Crippen LogP contribution in [0.1, 0.15) is 29.4 Å². The summed E-state index contributed by atoms with van der Waals surface area (Å²) in [5.41, 5.74) is 5.27. The van der Waals surface area contributed by atoms with Crippen molar-refractivity contribution in [3.63, 3.8) is 0 Å². The summed E-state index contributed by atoms with van der Waals surface area (Å²) in [6, 6.07) is 14.8. The molecule has 2 aromatic carbocycles. The molecule has 0 saturated carbocycles. The number of rotatable bonds is 6. The van der Waals surface area contributed by atoms with Crippen molar-refractivity contribution in [2.45, 2.75) is 27.3 Å². The second-order valence-corrected chi connectivity index (χ2v) is 9.27. The van der Waals surface area contributed by atoms with Crippen LogP contribution in [0.5, 0.6) is 5.75 Å². The molecule has 1 aliphatic heterocycles. The average Bonchev–Trinajstić information content (AvgIpc) is 3.27.